The van der Waals surface area contributed by atoms with Crippen LogP contribution in [0, 0.1) is 5.41 Å². The number of hydrogen-bond donors (Lipinski definition) is 1. The van der Waals surface area contributed by atoms with Crippen molar-refractivity contribution in [2.24, 2.45) is 0 Å². The van der Waals surface area contributed by atoms with Gasteiger partial charge in [0, 0.05) is 5.71 Å². The molecule has 1 N–H and O–H groups in total. The topological polar surface area (TPSA) is 50.2 Å². The summed E-state index contributed by atoms with van der Waals surface area (Å²) in [7, 11) is 0. The number of hydrogen-bond acceptors (Lipinski definition) is 3. The smallest absolute Gasteiger partial charge is 0.311 e. The predicted molar refractivity (Wildman–Crippen MR) is 58.9 cm³/mol. The van der Waals surface area contributed by atoms with Crippen LogP contribution in [0.3, 0.4) is 0 Å². The lowest BCUT2D eigenvalue weighted by atomic mass is 10.2. The maximum Gasteiger partial charge on any atom is 0.311 e. The van der Waals surface area contributed by atoms with Crippen LogP contribution in [0.4, 0.5) is 0 Å². The minimum absolute atomic E-state index is 0.101. The highest BCUT2D eigenvalue weighted by Crippen LogP contribution is 2.02. The normalized spacial score (nSPS) is 9.67. The molecule has 0 aliphatic carbocycles. The van der Waals surface area contributed by atoms with Gasteiger partial charge >= 0.3 is 5.97 Å². The molecule has 1 rings (SSSR count). The van der Waals surface area contributed by atoms with Crippen LogP contribution in [0.5, 0.6) is 0 Å². The van der Waals surface area contributed by atoms with E-state index in [1.54, 1.807) is 0 Å². The zero-order valence-corrected chi connectivity index (χ0v) is 8.82. The second-order valence-corrected chi connectivity index (χ2v) is 3.28. The number of nitrogens with one attached hydrogen (secondary N) is 1. The summed E-state index contributed by atoms with van der Waals surface area (Å²) in [6.07, 6.45) is 0.698. The molecule has 1 aromatic carbocycles. The van der Waals surface area contributed by atoms with Crippen LogP contribution < -0.4 is 0 Å². The van der Waals surface area contributed by atoms with E-state index in [1.807, 2.05) is 37.3 Å². The quantitative estimate of drug-likeness (QED) is 0.593. The van der Waals surface area contributed by atoms with Crippen LogP contribution in [0.2, 0.25) is 0 Å². The lowest BCUT2D eigenvalue weighted by Crippen LogP contribution is -2.09. The Balaban J connectivity index is 2.32. The summed E-state index contributed by atoms with van der Waals surface area (Å²) < 4.78 is 5.02. The molecule has 0 amide bonds. The third kappa shape index (κ3) is 4.40. The van der Waals surface area contributed by atoms with Gasteiger partial charge in [0.25, 0.3) is 0 Å². The molecule has 0 aliphatic heterocycles. The maximum atomic E-state index is 11.2. The number of carbonyl (C=O) groups is 1. The number of benzene rings is 1. The van der Waals surface area contributed by atoms with E-state index in [4.69, 9.17) is 10.1 Å². The summed E-state index contributed by atoms with van der Waals surface area (Å²) in [6, 6.07) is 9.52. The van der Waals surface area contributed by atoms with Crippen molar-refractivity contribution < 1.29 is 9.53 Å². The van der Waals surface area contributed by atoms with Gasteiger partial charge in [-0.25, -0.2) is 0 Å². The molecule has 0 heterocycles. The molecular weight excluding hydrogens is 190 g/mol. The largest absolute Gasteiger partial charge is 0.461 e. The van der Waals surface area contributed by atoms with Crippen LogP contribution in [-0.2, 0) is 16.1 Å². The van der Waals surface area contributed by atoms with E-state index in [-0.39, 0.29) is 19.0 Å². The van der Waals surface area contributed by atoms with Crippen molar-refractivity contribution >= 4 is 11.7 Å². The molecule has 0 unspecified atom stereocenters. The minimum Gasteiger partial charge on any atom is -0.461 e. The number of rotatable bonds is 5. The van der Waals surface area contributed by atoms with Gasteiger partial charge in [0.15, 0.2) is 0 Å². The van der Waals surface area contributed by atoms with Crippen molar-refractivity contribution in [3.05, 3.63) is 35.9 Å². The zero-order valence-electron chi connectivity index (χ0n) is 8.82. The van der Waals surface area contributed by atoms with Crippen LogP contribution in [0.15, 0.2) is 30.3 Å². The Kier molecular flexibility index (Phi) is 4.54. The Hall–Kier alpha value is -1.64. The van der Waals surface area contributed by atoms with E-state index >= 15 is 0 Å². The van der Waals surface area contributed by atoms with Gasteiger partial charge in [-0.2, -0.15) is 0 Å². The van der Waals surface area contributed by atoms with Crippen LogP contribution in [-0.4, -0.2) is 11.7 Å². The van der Waals surface area contributed by atoms with E-state index in [0.29, 0.717) is 12.1 Å². The molecule has 0 saturated carbocycles. The van der Waals surface area contributed by atoms with E-state index in [2.05, 4.69) is 0 Å². The fraction of sp³-hybridized carbons (Fsp3) is 0.333. The molecule has 1 aromatic rings. The summed E-state index contributed by atoms with van der Waals surface area (Å²) in [6.45, 7) is 2.14. The number of esters is 1. The first-order valence-electron chi connectivity index (χ1n) is 4.98. The predicted octanol–water partition coefficient (Wildman–Crippen LogP) is 2.55. The second-order valence-electron chi connectivity index (χ2n) is 3.28. The second kappa shape index (κ2) is 5.96. The average Bonchev–Trinajstić information content (AvgIpc) is 2.27. The van der Waals surface area contributed by atoms with Gasteiger partial charge in [0.1, 0.15) is 6.61 Å². The Morgan fingerprint density at radius 3 is 2.60 bits per heavy atom. The van der Waals surface area contributed by atoms with Crippen molar-refractivity contribution in [1.29, 1.82) is 5.41 Å². The molecule has 3 nitrogen and oxygen atoms in total. The Morgan fingerprint density at radius 2 is 2.00 bits per heavy atom. The number of ether oxygens (including phenoxy) is 1. The van der Waals surface area contributed by atoms with Gasteiger partial charge in [-0.3, -0.25) is 4.79 Å². The molecule has 80 valence electrons. The first-order chi connectivity index (χ1) is 7.22. The maximum absolute atomic E-state index is 11.2. The Bertz CT molecular complexity index is 333. The van der Waals surface area contributed by atoms with Gasteiger partial charge in [-0.15, -0.1) is 0 Å². The summed E-state index contributed by atoms with van der Waals surface area (Å²) >= 11 is 0. The van der Waals surface area contributed by atoms with Gasteiger partial charge in [-0.05, 0) is 12.0 Å². The summed E-state index contributed by atoms with van der Waals surface area (Å²) in [4.78, 5) is 11.2. The molecule has 0 saturated heterocycles. The number of carbonyl (C=O) groups excluding carboxylic acids is 1. The van der Waals surface area contributed by atoms with E-state index in [1.165, 1.54) is 0 Å². The van der Waals surface area contributed by atoms with Crippen LogP contribution >= 0.6 is 0 Å². The van der Waals surface area contributed by atoms with Gasteiger partial charge < -0.3 is 10.1 Å². The highest BCUT2D eigenvalue weighted by atomic mass is 16.5. The molecule has 0 radical (unpaired) electrons. The van der Waals surface area contributed by atoms with Crippen LogP contribution in [0.25, 0.3) is 0 Å². The van der Waals surface area contributed by atoms with Crippen molar-refractivity contribution in [3.8, 4) is 0 Å². The van der Waals surface area contributed by atoms with Crippen molar-refractivity contribution in [1.82, 2.24) is 0 Å². The van der Waals surface area contributed by atoms with Crippen molar-refractivity contribution in [3.63, 3.8) is 0 Å². The lowest BCUT2D eigenvalue weighted by Gasteiger charge is -2.04. The van der Waals surface area contributed by atoms with Gasteiger partial charge in [-0.1, -0.05) is 37.3 Å². The molecule has 0 spiro atoms. The summed E-state index contributed by atoms with van der Waals surface area (Å²) in [5.74, 6) is -0.328. The zero-order chi connectivity index (χ0) is 11.1. The van der Waals surface area contributed by atoms with E-state index in [0.717, 1.165) is 5.56 Å². The van der Waals surface area contributed by atoms with Crippen molar-refractivity contribution in [2.45, 2.75) is 26.4 Å². The molecule has 0 bridgehead atoms. The van der Waals surface area contributed by atoms with Crippen molar-refractivity contribution in [2.75, 3.05) is 0 Å². The lowest BCUT2D eigenvalue weighted by molar-refractivity contribution is -0.143. The van der Waals surface area contributed by atoms with Gasteiger partial charge in [0.05, 0.1) is 6.42 Å². The monoisotopic (exact) mass is 205 g/mol. The van der Waals surface area contributed by atoms with Crippen LogP contribution in [0.1, 0.15) is 25.3 Å². The van der Waals surface area contributed by atoms with E-state index < -0.39 is 0 Å². The SMILES string of the molecule is CCC(=N)CC(=O)OCc1ccccc1. The highest BCUT2D eigenvalue weighted by Gasteiger charge is 2.05. The highest BCUT2D eigenvalue weighted by molar-refractivity contribution is 5.96. The molecule has 15 heavy (non-hydrogen) atoms. The van der Waals surface area contributed by atoms with Gasteiger partial charge in [0.2, 0.25) is 0 Å². The molecule has 3 heteroatoms. The third-order valence-electron chi connectivity index (χ3n) is 2.03. The fourth-order valence-corrected chi connectivity index (χ4v) is 1.09. The van der Waals surface area contributed by atoms with E-state index in [9.17, 15) is 4.79 Å². The summed E-state index contributed by atoms with van der Waals surface area (Å²) in [5, 5.41) is 7.35. The molecule has 0 aromatic heterocycles. The molecule has 0 atom stereocenters. The fourth-order valence-electron chi connectivity index (χ4n) is 1.09. The average molecular weight is 205 g/mol. The Morgan fingerprint density at radius 1 is 1.33 bits per heavy atom. The first-order valence-corrected chi connectivity index (χ1v) is 4.98. The summed E-state index contributed by atoms with van der Waals surface area (Å²) in [5.41, 5.74) is 1.38. The molecule has 0 fully saturated rings. The third-order valence-corrected chi connectivity index (χ3v) is 2.03. The molecule has 0 aliphatic rings. The molecular formula is C12H15NO2. The minimum atomic E-state index is -0.328. The Labute approximate surface area is 89.6 Å². The standard InChI is InChI=1S/C12H15NO2/c1-2-11(13)8-12(14)15-9-10-6-4-3-5-7-10/h3-7,13H,2,8-9H2,1H3. The first kappa shape index (κ1) is 11.4.